The molecule has 0 aliphatic carbocycles. The van der Waals surface area contributed by atoms with Crippen LogP contribution in [0.4, 0.5) is 5.69 Å². The fourth-order valence-corrected chi connectivity index (χ4v) is 4.40. The maximum atomic E-state index is 5.59. The highest BCUT2D eigenvalue weighted by Gasteiger charge is 2.18. The molecule has 0 fully saturated rings. The maximum Gasteiger partial charge on any atom is 0.118 e. The average molecular weight is 457 g/mol. The molecular formula is C33H32N2. The quantitative estimate of drug-likeness (QED) is 0.163. The molecule has 0 amide bonds. The number of terminal acetylenes is 1. The van der Waals surface area contributed by atoms with E-state index in [1.807, 2.05) is 36.4 Å². The molecule has 2 nitrogen and oxygen atoms in total. The highest BCUT2D eigenvalue weighted by Crippen LogP contribution is 2.30. The first-order valence-electron chi connectivity index (χ1n) is 11.9. The second-order valence-corrected chi connectivity index (χ2v) is 9.78. The number of aryl methyl sites for hydroxylation is 1. The number of aliphatic imine (C=N–C) groups is 1. The number of hydrogen-bond acceptors (Lipinski definition) is 1. The van der Waals surface area contributed by atoms with Crippen molar-refractivity contribution in [3.8, 4) is 12.3 Å². The molecule has 0 bridgehead atoms. The third-order valence-electron chi connectivity index (χ3n) is 6.36. The van der Waals surface area contributed by atoms with Gasteiger partial charge in [-0.2, -0.15) is 0 Å². The van der Waals surface area contributed by atoms with Crippen molar-refractivity contribution in [2.75, 3.05) is 0 Å². The SMILES string of the molecule is C#C/C=C\c1c(C)c2ccccc2n1/C(Cc1ccc(C(C)(C)C)cc1)=N/c1ccccc1C=C. The molecule has 35 heavy (non-hydrogen) atoms. The molecule has 1 heterocycles. The first-order chi connectivity index (χ1) is 16.8. The number of rotatable bonds is 5. The third-order valence-corrected chi connectivity index (χ3v) is 6.36. The van der Waals surface area contributed by atoms with E-state index in [-0.39, 0.29) is 5.41 Å². The molecule has 1 aromatic heterocycles. The van der Waals surface area contributed by atoms with Crippen molar-refractivity contribution in [3.05, 3.63) is 113 Å². The van der Waals surface area contributed by atoms with E-state index in [0.717, 1.165) is 28.3 Å². The third kappa shape index (κ3) is 5.05. The summed E-state index contributed by atoms with van der Waals surface area (Å²) in [6.45, 7) is 12.8. The number of para-hydroxylation sites is 2. The van der Waals surface area contributed by atoms with Gasteiger partial charge in [-0.1, -0.05) is 100 Å². The van der Waals surface area contributed by atoms with E-state index in [9.17, 15) is 0 Å². The minimum absolute atomic E-state index is 0.110. The molecule has 0 aliphatic heterocycles. The minimum atomic E-state index is 0.110. The molecule has 2 heteroatoms. The molecule has 0 aliphatic rings. The first-order valence-corrected chi connectivity index (χ1v) is 11.9. The fourth-order valence-electron chi connectivity index (χ4n) is 4.40. The highest BCUT2D eigenvalue weighted by atomic mass is 15.1. The van der Waals surface area contributed by atoms with E-state index in [0.29, 0.717) is 6.42 Å². The normalized spacial score (nSPS) is 12.3. The van der Waals surface area contributed by atoms with Crippen molar-refractivity contribution in [1.82, 2.24) is 4.57 Å². The van der Waals surface area contributed by atoms with Crippen LogP contribution in [0.2, 0.25) is 0 Å². The van der Waals surface area contributed by atoms with Crippen LogP contribution in [-0.2, 0) is 11.8 Å². The molecule has 4 aromatic rings. The zero-order valence-corrected chi connectivity index (χ0v) is 21.0. The molecular weight excluding hydrogens is 424 g/mol. The lowest BCUT2D eigenvalue weighted by Gasteiger charge is -2.19. The predicted molar refractivity (Wildman–Crippen MR) is 152 cm³/mol. The molecule has 3 aromatic carbocycles. The van der Waals surface area contributed by atoms with Gasteiger partial charge in [-0.25, -0.2) is 4.99 Å². The number of fused-ring (bicyclic) bond motifs is 1. The summed E-state index contributed by atoms with van der Waals surface area (Å²) in [7, 11) is 0. The molecule has 4 rings (SSSR count). The van der Waals surface area contributed by atoms with Gasteiger partial charge in [0.25, 0.3) is 0 Å². The zero-order valence-electron chi connectivity index (χ0n) is 21.0. The number of aromatic nitrogens is 1. The maximum absolute atomic E-state index is 5.59. The molecule has 0 N–H and O–H groups in total. The van der Waals surface area contributed by atoms with Gasteiger partial charge in [0.15, 0.2) is 0 Å². The lowest BCUT2D eigenvalue weighted by atomic mass is 9.86. The van der Waals surface area contributed by atoms with Crippen LogP contribution >= 0.6 is 0 Å². The summed E-state index contributed by atoms with van der Waals surface area (Å²) in [5.41, 5.74) is 7.87. The monoisotopic (exact) mass is 456 g/mol. The van der Waals surface area contributed by atoms with Crippen molar-refractivity contribution in [1.29, 1.82) is 0 Å². The van der Waals surface area contributed by atoms with E-state index in [1.54, 1.807) is 6.08 Å². The fraction of sp³-hybridized carbons (Fsp3) is 0.182. The second kappa shape index (κ2) is 10.0. The molecule has 0 saturated heterocycles. The summed E-state index contributed by atoms with van der Waals surface area (Å²) >= 11 is 0. The Labute approximate surface area is 209 Å². The van der Waals surface area contributed by atoms with Crippen LogP contribution in [0.25, 0.3) is 23.1 Å². The van der Waals surface area contributed by atoms with E-state index in [4.69, 9.17) is 11.4 Å². The molecule has 0 radical (unpaired) electrons. The second-order valence-electron chi connectivity index (χ2n) is 9.78. The van der Waals surface area contributed by atoms with Crippen molar-refractivity contribution < 1.29 is 0 Å². The van der Waals surface area contributed by atoms with Gasteiger partial charge in [-0.3, -0.25) is 4.57 Å². The van der Waals surface area contributed by atoms with E-state index in [2.05, 4.69) is 93.3 Å². The lowest BCUT2D eigenvalue weighted by Crippen LogP contribution is -2.17. The summed E-state index contributed by atoms with van der Waals surface area (Å²) in [5, 5.41) is 1.19. The Balaban J connectivity index is 1.95. The van der Waals surface area contributed by atoms with Gasteiger partial charge in [0.2, 0.25) is 0 Å². The predicted octanol–water partition coefficient (Wildman–Crippen LogP) is 8.36. The Morgan fingerprint density at radius 1 is 1.00 bits per heavy atom. The summed E-state index contributed by atoms with van der Waals surface area (Å²) in [4.78, 5) is 5.22. The van der Waals surface area contributed by atoms with Crippen LogP contribution in [0.3, 0.4) is 0 Å². The first kappa shape index (κ1) is 24.0. The summed E-state index contributed by atoms with van der Waals surface area (Å²) in [6, 6.07) is 25.4. The average Bonchev–Trinajstić information content (AvgIpc) is 3.14. The Kier molecular flexibility index (Phi) is 6.90. The summed E-state index contributed by atoms with van der Waals surface area (Å²) in [5.74, 6) is 3.58. The van der Waals surface area contributed by atoms with E-state index in [1.165, 1.54) is 22.1 Å². The van der Waals surface area contributed by atoms with Crippen LogP contribution in [0.5, 0.6) is 0 Å². The standard InChI is InChI=1S/C33H32N2/c1-7-9-17-30-24(3)28-15-11-13-18-31(28)35(30)32(34-29-16-12-10-14-26(29)8-2)23-25-19-21-27(22-20-25)33(4,5)6/h1,8-22H,2,23H2,3-6H3/b17-9-,34-32+. The van der Waals surface area contributed by atoms with Crippen LogP contribution in [0.1, 0.15) is 48.7 Å². The van der Waals surface area contributed by atoms with Crippen molar-refractivity contribution in [2.45, 2.75) is 39.5 Å². The molecule has 0 spiro atoms. The van der Waals surface area contributed by atoms with Crippen LogP contribution in [-0.4, -0.2) is 10.4 Å². The zero-order chi connectivity index (χ0) is 25.0. The van der Waals surface area contributed by atoms with Crippen LogP contribution in [0, 0.1) is 19.3 Å². The largest absolute Gasteiger partial charge is 0.297 e. The van der Waals surface area contributed by atoms with Gasteiger partial charge in [0.05, 0.1) is 16.9 Å². The molecule has 174 valence electrons. The molecule has 0 unspecified atom stereocenters. The lowest BCUT2D eigenvalue weighted by molar-refractivity contribution is 0.590. The van der Waals surface area contributed by atoms with Gasteiger partial charge in [-0.15, -0.1) is 6.42 Å². The van der Waals surface area contributed by atoms with Crippen LogP contribution < -0.4 is 0 Å². The van der Waals surface area contributed by atoms with Crippen molar-refractivity contribution in [3.63, 3.8) is 0 Å². The number of hydrogen-bond donors (Lipinski definition) is 0. The van der Waals surface area contributed by atoms with E-state index < -0.39 is 0 Å². The Bertz CT molecular complexity index is 1460. The topological polar surface area (TPSA) is 17.3 Å². The van der Waals surface area contributed by atoms with Crippen molar-refractivity contribution >= 4 is 34.6 Å². The summed E-state index contributed by atoms with van der Waals surface area (Å²) < 4.78 is 2.25. The van der Waals surface area contributed by atoms with E-state index >= 15 is 0 Å². The van der Waals surface area contributed by atoms with Crippen molar-refractivity contribution in [2.24, 2.45) is 4.99 Å². The summed E-state index contributed by atoms with van der Waals surface area (Å²) in [6.07, 6.45) is 11.9. The van der Waals surface area contributed by atoms with Gasteiger partial charge in [0, 0.05) is 11.8 Å². The smallest absolute Gasteiger partial charge is 0.118 e. The van der Waals surface area contributed by atoms with Gasteiger partial charge >= 0.3 is 0 Å². The van der Waals surface area contributed by atoms with Gasteiger partial charge in [-0.05, 0) is 58.9 Å². The molecule has 0 saturated carbocycles. The Hall–Kier alpha value is -4.09. The minimum Gasteiger partial charge on any atom is -0.297 e. The van der Waals surface area contributed by atoms with Gasteiger partial charge < -0.3 is 0 Å². The Morgan fingerprint density at radius 2 is 1.69 bits per heavy atom. The number of nitrogens with zero attached hydrogens (tertiary/aromatic N) is 2. The van der Waals surface area contributed by atoms with Crippen LogP contribution in [0.15, 0.2) is 90.4 Å². The highest BCUT2D eigenvalue weighted by molar-refractivity contribution is 6.02. The Morgan fingerprint density at radius 3 is 2.37 bits per heavy atom. The number of allylic oxidation sites excluding steroid dienone is 1. The molecule has 0 atom stereocenters. The van der Waals surface area contributed by atoms with Gasteiger partial charge in [0.1, 0.15) is 5.84 Å². The number of benzene rings is 3.